The van der Waals surface area contributed by atoms with E-state index in [-0.39, 0.29) is 18.1 Å². The Balaban J connectivity index is 1.45. The quantitative estimate of drug-likeness (QED) is 0.325. The molecule has 192 valence electrons. The minimum atomic E-state index is -0.546. The molecule has 1 aliphatic heterocycles. The Kier molecular flexibility index (Phi) is 8.51. The summed E-state index contributed by atoms with van der Waals surface area (Å²) in [6, 6.07) is 19.8. The van der Waals surface area contributed by atoms with Crippen molar-refractivity contribution < 1.29 is 23.9 Å². The number of hydrogen-bond acceptors (Lipinski definition) is 7. The second kappa shape index (κ2) is 12.0. The molecule has 1 N–H and O–H groups in total. The van der Waals surface area contributed by atoms with Gasteiger partial charge in [-0.2, -0.15) is 5.26 Å². The number of thioether (sulfide) groups is 1. The number of rotatable bonds is 8. The molecule has 0 atom stereocenters. The Bertz CT molecular complexity index is 1460. The summed E-state index contributed by atoms with van der Waals surface area (Å²) < 4.78 is 12.0. The lowest BCUT2D eigenvalue weighted by Crippen LogP contribution is -2.36. The summed E-state index contributed by atoms with van der Waals surface area (Å²) in [5, 5.41) is 11.1. The van der Waals surface area contributed by atoms with E-state index in [4.69, 9.17) is 14.7 Å². The van der Waals surface area contributed by atoms with Gasteiger partial charge in [-0.3, -0.25) is 19.3 Å². The number of anilines is 1. The maximum atomic E-state index is 12.9. The van der Waals surface area contributed by atoms with Gasteiger partial charge in [0.05, 0.1) is 28.1 Å². The molecule has 3 amide bonds. The van der Waals surface area contributed by atoms with Gasteiger partial charge in [0.15, 0.2) is 11.5 Å². The zero-order valence-corrected chi connectivity index (χ0v) is 22.9. The number of benzene rings is 3. The highest BCUT2D eigenvalue weighted by atomic mass is 79.9. The van der Waals surface area contributed by atoms with Gasteiger partial charge in [0.1, 0.15) is 13.2 Å². The van der Waals surface area contributed by atoms with E-state index in [2.05, 4.69) is 27.3 Å². The number of hydrogen-bond donors (Lipinski definition) is 1. The molecule has 1 fully saturated rings. The molecule has 38 heavy (non-hydrogen) atoms. The molecule has 8 nitrogen and oxygen atoms in total. The predicted molar refractivity (Wildman–Crippen MR) is 149 cm³/mol. The van der Waals surface area contributed by atoms with Gasteiger partial charge >= 0.3 is 0 Å². The van der Waals surface area contributed by atoms with Gasteiger partial charge in [0.2, 0.25) is 5.91 Å². The number of aryl methyl sites for hydroxylation is 1. The van der Waals surface area contributed by atoms with Crippen molar-refractivity contribution in [3.63, 3.8) is 0 Å². The second-order valence-corrected chi connectivity index (χ2v) is 10.2. The molecule has 0 saturated carbocycles. The Labute approximate surface area is 232 Å². The van der Waals surface area contributed by atoms with Crippen molar-refractivity contribution in [3.8, 4) is 17.6 Å². The number of imide groups is 1. The van der Waals surface area contributed by atoms with Crippen molar-refractivity contribution in [2.45, 2.75) is 13.5 Å². The van der Waals surface area contributed by atoms with Crippen LogP contribution in [-0.4, -0.2) is 35.6 Å². The van der Waals surface area contributed by atoms with Crippen LogP contribution in [0.2, 0.25) is 0 Å². The zero-order chi connectivity index (χ0) is 27.2. The number of carbonyl (C=O) groups is 3. The maximum Gasteiger partial charge on any atom is 0.294 e. The summed E-state index contributed by atoms with van der Waals surface area (Å²) in [5.41, 5.74) is 3.68. The van der Waals surface area contributed by atoms with Crippen LogP contribution in [-0.2, 0) is 16.2 Å². The van der Waals surface area contributed by atoms with Crippen molar-refractivity contribution >= 4 is 56.5 Å². The Morgan fingerprint density at radius 2 is 1.84 bits per heavy atom. The van der Waals surface area contributed by atoms with E-state index in [0.29, 0.717) is 32.8 Å². The van der Waals surface area contributed by atoms with Crippen molar-refractivity contribution in [2.75, 3.05) is 19.0 Å². The van der Waals surface area contributed by atoms with Gasteiger partial charge in [0, 0.05) is 5.69 Å². The third kappa shape index (κ3) is 6.43. The maximum absolute atomic E-state index is 12.9. The normalized spacial score (nSPS) is 13.9. The Morgan fingerprint density at radius 3 is 2.50 bits per heavy atom. The van der Waals surface area contributed by atoms with E-state index in [1.54, 1.807) is 42.5 Å². The van der Waals surface area contributed by atoms with Crippen LogP contribution >= 0.6 is 27.7 Å². The largest absolute Gasteiger partial charge is 0.493 e. The topological polar surface area (TPSA) is 109 Å². The summed E-state index contributed by atoms with van der Waals surface area (Å²) in [6.07, 6.45) is 1.57. The summed E-state index contributed by atoms with van der Waals surface area (Å²) in [7, 11) is 1.50. The van der Waals surface area contributed by atoms with Crippen molar-refractivity contribution in [2.24, 2.45) is 0 Å². The number of amides is 3. The summed E-state index contributed by atoms with van der Waals surface area (Å²) in [4.78, 5) is 39.0. The van der Waals surface area contributed by atoms with Gasteiger partial charge in [-0.25, -0.2) is 0 Å². The van der Waals surface area contributed by atoms with E-state index in [0.717, 1.165) is 27.8 Å². The lowest BCUT2D eigenvalue weighted by molar-refractivity contribution is -0.127. The highest BCUT2D eigenvalue weighted by Crippen LogP contribution is 2.39. The molecular weight excluding hydrogens is 570 g/mol. The molecule has 10 heteroatoms. The fourth-order valence-electron chi connectivity index (χ4n) is 3.56. The fourth-order valence-corrected chi connectivity index (χ4v) is 4.98. The van der Waals surface area contributed by atoms with Crippen LogP contribution in [0.15, 0.2) is 70.0 Å². The van der Waals surface area contributed by atoms with Gasteiger partial charge in [-0.15, -0.1) is 0 Å². The molecule has 1 heterocycles. The number of carbonyl (C=O) groups excluding carboxylic acids is 3. The fraction of sp³-hybridized carbons (Fsp3) is 0.143. The first-order valence-electron chi connectivity index (χ1n) is 11.4. The minimum Gasteiger partial charge on any atom is -0.493 e. The lowest BCUT2D eigenvalue weighted by atomic mass is 10.1. The minimum absolute atomic E-state index is 0.193. The third-order valence-electron chi connectivity index (χ3n) is 5.53. The van der Waals surface area contributed by atoms with E-state index in [1.165, 1.54) is 7.11 Å². The van der Waals surface area contributed by atoms with E-state index in [9.17, 15) is 14.4 Å². The molecule has 0 spiro atoms. The lowest BCUT2D eigenvalue weighted by Gasteiger charge is -2.14. The second-order valence-electron chi connectivity index (χ2n) is 8.31. The zero-order valence-electron chi connectivity index (χ0n) is 20.5. The molecule has 4 rings (SSSR count). The monoisotopic (exact) mass is 591 g/mol. The molecule has 0 aromatic heterocycles. The van der Waals surface area contributed by atoms with Crippen LogP contribution in [0.1, 0.15) is 22.3 Å². The number of methoxy groups -OCH3 is 1. The van der Waals surface area contributed by atoms with E-state index in [1.807, 2.05) is 31.2 Å². The van der Waals surface area contributed by atoms with Crippen LogP contribution in [0.25, 0.3) is 6.08 Å². The van der Waals surface area contributed by atoms with E-state index >= 15 is 0 Å². The molecule has 1 saturated heterocycles. The Hall–Kier alpha value is -4.07. The van der Waals surface area contributed by atoms with Crippen molar-refractivity contribution in [1.29, 1.82) is 5.26 Å². The van der Waals surface area contributed by atoms with Crippen LogP contribution in [0.5, 0.6) is 11.5 Å². The number of ether oxygens (including phenoxy) is 2. The number of nitriles is 1. The SMILES string of the molecule is COc1cc(/C=C2/SC(=O)N(CC(=O)Nc3ccc(C)cc3)C2=O)cc(Br)c1OCc1ccc(C#N)cc1. The molecule has 0 bridgehead atoms. The number of halogens is 1. The van der Waals surface area contributed by atoms with E-state index < -0.39 is 17.1 Å². The highest BCUT2D eigenvalue weighted by Gasteiger charge is 2.36. The van der Waals surface area contributed by atoms with Gasteiger partial charge in [-0.1, -0.05) is 29.8 Å². The van der Waals surface area contributed by atoms with Crippen LogP contribution in [0.3, 0.4) is 0 Å². The number of nitrogens with one attached hydrogen (secondary N) is 1. The third-order valence-corrected chi connectivity index (χ3v) is 7.02. The smallest absolute Gasteiger partial charge is 0.294 e. The predicted octanol–water partition coefficient (Wildman–Crippen LogP) is 5.89. The first kappa shape index (κ1) is 27.0. The first-order valence-corrected chi connectivity index (χ1v) is 13.0. The average molecular weight is 592 g/mol. The molecule has 1 aliphatic rings. The van der Waals surface area contributed by atoms with Crippen LogP contribution in [0.4, 0.5) is 10.5 Å². The van der Waals surface area contributed by atoms with Gasteiger partial charge in [0.25, 0.3) is 11.1 Å². The molecule has 3 aromatic carbocycles. The first-order chi connectivity index (χ1) is 18.3. The summed E-state index contributed by atoms with van der Waals surface area (Å²) in [6.45, 7) is 1.80. The standard InChI is InChI=1S/C28H22BrN3O5S/c1-17-3-9-21(10-4-17)31-25(33)15-32-27(34)24(38-28(32)35)13-20-11-22(29)26(23(12-20)36-2)37-16-19-7-5-18(14-30)6-8-19/h3-13H,15-16H2,1-2H3,(H,31,33)/b24-13+. The molecular formula is C28H22BrN3O5S. The molecule has 0 aliphatic carbocycles. The van der Waals surface area contributed by atoms with Crippen molar-refractivity contribution in [3.05, 3.63) is 92.3 Å². The molecule has 3 aromatic rings. The highest BCUT2D eigenvalue weighted by molar-refractivity contribution is 9.10. The van der Waals surface area contributed by atoms with Crippen molar-refractivity contribution in [1.82, 2.24) is 4.90 Å². The van der Waals surface area contributed by atoms with Gasteiger partial charge < -0.3 is 14.8 Å². The van der Waals surface area contributed by atoms with Crippen LogP contribution in [0, 0.1) is 18.3 Å². The molecule has 0 radical (unpaired) electrons. The summed E-state index contributed by atoms with van der Waals surface area (Å²) in [5.74, 6) is -0.119. The average Bonchev–Trinajstić information content (AvgIpc) is 3.16. The number of nitrogens with zero attached hydrogens (tertiary/aromatic N) is 2. The molecule has 0 unspecified atom stereocenters. The van der Waals surface area contributed by atoms with Crippen LogP contribution < -0.4 is 14.8 Å². The summed E-state index contributed by atoms with van der Waals surface area (Å²) >= 11 is 4.26. The Morgan fingerprint density at radius 1 is 1.13 bits per heavy atom. The van der Waals surface area contributed by atoms with Gasteiger partial charge in [-0.05, 0) is 88.2 Å².